The predicted molar refractivity (Wildman–Crippen MR) is 118 cm³/mol. The van der Waals surface area contributed by atoms with E-state index in [0.717, 1.165) is 39.3 Å². The molecule has 2 aromatic rings. The molecule has 0 unspecified atom stereocenters. The van der Waals surface area contributed by atoms with Crippen LogP contribution in [0.4, 0.5) is 5.69 Å². The van der Waals surface area contributed by atoms with Gasteiger partial charge in [0.1, 0.15) is 5.75 Å². The Morgan fingerprint density at radius 1 is 1.07 bits per heavy atom. The van der Waals surface area contributed by atoms with E-state index in [1.807, 2.05) is 6.07 Å². The number of benzene rings is 2. The first kappa shape index (κ1) is 23.2. The van der Waals surface area contributed by atoms with E-state index in [0.29, 0.717) is 23.6 Å². The number of anilines is 1. The summed E-state index contributed by atoms with van der Waals surface area (Å²) in [6, 6.07) is 13.6. The minimum Gasteiger partial charge on any atom is -0.494 e. The van der Waals surface area contributed by atoms with Crippen LogP contribution in [0, 0.1) is 0 Å². The molecular weight excluding hydrogens is 412 g/mol. The Hall–Kier alpha value is -2.06. The summed E-state index contributed by atoms with van der Waals surface area (Å²) >= 11 is 0. The quantitative estimate of drug-likeness (QED) is 0.503. The molecule has 0 radical (unpaired) electrons. The first-order valence-electron chi connectivity index (χ1n) is 9.35. The van der Waals surface area contributed by atoms with Gasteiger partial charge in [-0.15, -0.1) is 12.4 Å². The number of nitrogens with zero attached hydrogens (tertiary/aromatic N) is 1. The smallest absolute Gasteiger partial charge is 0.199 e. The van der Waals surface area contributed by atoms with E-state index in [1.165, 1.54) is 11.5 Å². The summed E-state index contributed by atoms with van der Waals surface area (Å²) in [6.45, 7) is 5.09. The van der Waals surface area contributed by atoms with Crippen LogP contribution in [0.15, 0.2) is 58.8 Å². The lowest BCUT2D eigenvalue weighted by molar-refractivity contribution is 0.0358. The van der Waals surface area contributed by atoms with Crippen molar-refractivity contribution < 1.29 is 17.9 Å². The van der Waals surface area contributed by atoms with E-state index in [4.69, 9.17) is 15.2 Å². The van der Waals surface area contributed by atoms with Crippen LogP contribution in [0.5, 0.6) is 5.75 Å². The maximum atomic E-state index is 12.5. The molecule has 3 rings (SSSR count). The van der Waals surface area contributed by atoms with E-state index < -0.39 is 9.84 Å². The highest BCUT2D eigenvalue weighted by atomic mass is 35.5. The topological polar surface area (TPSA) is 81.9 Å². The molecule has 0 saturated carbocycles. The van der Waals surface area contributed by atoms with Crippen molar-refractivity contribution in [1.29, 1.82) is 0 Å². The van der Waals surface area contributed by atoms with Crippen LogP contribution in [0.2, 0.25) is 0 Å². The third-order valence-electron chi connectivity index (χ3n) is 4.57. The lowest BCUT2D eigenvalue weighted by Gasteiger charge is -2.26. The number of morpholine rings is 1. The standard InChI is InChI=1S/C21H26N2O4S.ClH/c22-21-5-2-1-4-18(21)10-17-28(24,25)20-8-6-19(7-9-20)27-14-3-11-23-12-15-26-16-13-23;/h1-2,4-10,17H,3,11-16,22H2;1H/b17-10+;. The third kappa shape index (κ3) is 7.04. The van der Waals surface area contributed by atoms with Gasteiger partial charge in [0.05, 0.1) is 24.7 Å². The summed E-state index contributed by atoms with van der Waals surface area (Å²) in [5, 5.41) is 1.18. The number of para-hydroxylation sites is 1. The Bertz CT molecular complexity index is 895. The van der Waals surface area contributed by atoms with E-state index in [-0.39, 0.29) is 17.3 Å². The molecule has 0 spiro atoms. The average Bonchev–Trinajstić information content (AvgIpc) is 2.72. The molecule has 2 N–H and O–H groups in total. The number of rotatable bonds is 8. The second-order valence-corrected chi connectivity index (χ2v) is 8.44. The second kappa shape index (κ2) is 11.2. The number of sulfone groups is 1. The summed E-state index contributed by atoms with van der Waals surface area (Å²) in [5.74, 6) is 0.664. The molecule has 1 heterocycles. The molecule has 0 bridgehead atoms. The molecule has 6 nitrogen and oxygen atoms in total. The van der Waals surface area contributed by atoms with Crippen LogP contribution in [-0.2, 0) is 14.6 Å². The Balaban J connectivity index is 0.00000300. The Labute approximate surface area is 178 Å². The Morgan fingerprint density at radius 2 is 1.76 bits per heavy atom. The van der Waals surface area contributed by atoms with Crippen molar-refractivity contribution in [3.05, 3.63) is 59.5 Å². The lowest BCUT2D eigenvalue weighted by atomic mass is 10.2. The fourth-order valence-electron chi connectivity index (χ4n) is 2.93. The molecule has 1 saturated heterocycles. The summed E-state index contributed by atoms with van der Waals surface area (Å²) in [5.41, 5.74) is 7.05. The van der Waals surface area contributed by atoms with Gasteiger partial charge in [-0.3, -0.25) is 4.90 Å². The summed E-state index contributed by atoms with van der Waals surface area (Å²) in [6.07, 6.45) is 2.43. The van der Waals surface area contributed by atoms with Gasteiger partial charge in [0.25, 0.3) is 0 Å². The first-order chi connectivity index (χ1) is 13.5. The van der Waals surface area contributed by atoms with Gasteiger partial charge in [-0.1, -0.05) is 18.2 Å². The summed E-state index contributed by atoms with van der Waals surface area (Å²) in [7, 11) is -3.54. The van der Waals surface area contributed by atoms with Crippen molar-refractivity contribution in [2.45, 2.75) is 11.3 Å². The number of halogens is 1. The van der Waals surface area contributed by atoms with Crippen molar-refractivity contribution in [3.63, 3.8) is 0 Å². The van der Waals surface area contributed by atoms with E-state index in [9.17, 15) is 8.42 Å². The number of nitrogens with two attached hydrogens (primary N) is 1. The molecule has 0 atom stereocenters. The van der Waals surface area contributed by atoms with Gasteiger partial charge in [0, 0.05) is 30.7 Å². The predicted octanol–water partition coefficient (Wildman–Crippen LogP) is 3.24. The van der Waals surface area contributed by atoms with E-state index >= 15 is 0 Å². The number of hydrogen-bond donors (Lipinski definition) is 1. The van der Waals surface area contributed by atoms with Gasteiger partial charge in [-0.25, -0.2) is 8.42 Å². The van der Waals surface area contributed by atoms with Crippen molar-refractivity contribution in [2.24, 2.45) is 0 Å². The fraction of sp³-hybridized carbons (Fsp3) is 0.333. The molecule has 8 heteroatoms. The molecule has 0 aliphatic carbocycles. The van der Waals surface area contributed by atoms with E-state index in [2.05, 4.69) is 4.90 Å². The Morgan fingerprint density at radius 3 is 2.45 bits per heavy atom. The largest absolute Gasteiger partial charge is 0.494 e. The summed E-state index contributed by atoms with van der Waals surface area (Å²) in [4.78, 5) is 2.58. The second-order valence-electron chi connectivity index (χ2n) is 6.60. The van der Waals surface area contributed by atoms with Gasteiger partial charge in [0.15, 0.2) is 9.84 Å². The molecule has 1 fully saturated rings. The van der Waals surface area contributed by atoms with Gasteiger partial charge in [-0.05, 0) is 48.4 Å². The zero-order valence-corrected chi connectivity index (χ0v) is 17.8. The highest BCUT2D eigenvalue weighted by Gasteiger charge is 2.11. The van der Waals surface area contributed by atoms with Gasteiger partial charge < -0.3 is 15.2 Å². The van der Waals surface area contributed by atoms with Crippen molar-refractivity contribution in [3.8, 4) is 5.75 Å². The zero-order valence-electron chi connectivity index (χ0n) is 16.2. The molecule has 0 aromatic heterocycles. The van der Waals surface area contributed by atoms with Gasteiger partial charge in [-0.2, -0.15) is 0 Å². The fourth-order valence-corrected chi connectivity index (χ4v) is 3.93. The first-order valence-corrected chi connectivity index (χ1v) is 10.9. The normalized spacial score (nSPS) is 15.2. The highest BCUT2D eigenvalue weighted by molar-refractivity contribution is 7.94. The van der Waals surface area contributed by atoms with Crippen LogP contribution in [0.3, 0.4) is 0 Å². The summed E-state index contributed by atoms with van der Waals surface area (Å²) < 4.78 is 36.0. The van der Waals surface area contributed by atoms with Crippen molar-refractivity contribution in [2.75, 3.05) is 45.2 Å². The number of nitrogen functional groups attached to an aromatic ring is 1. The van der Waals surface area contributed by atoms with Gasteiger partial charge >= 0.3 is 0 Å². The van der Waals surface area contributed by atoms with Crippen LogP contribution >= 0.6 is 12.4 Å². The molecule has 29 heavy (non-hydrogen) atoms. The number of hydrogen-bond acceptors (Lipinski definition) is 6. The van der Waals surface area contributed by atoms with Crippen LogP contribution in [0.1, 0.15) is 12.0 Å². The van der Waals surface area contributed by atoms with Crippen LogP contribution < -0.4 is 10.5 Å². The SMILES string of the molecule is Cl.Nc1ccccc1/C=C/S(=O)(=O)c1ccc(OCCCN2CCOCC2)cc1. The Kier molecular flexibility index (Phi) is 8.98. The molecule has 1 aliphatic rings. The van der Waals surface area contributed by atoms with Crippen molar-refractivity contribution >= 4 is 34.0 Å². The maximum Gasteiger partial charge on any atom is 0.199 e. The maximum absolute atomic E-state index is 12.5. The van der Waals surface area contributed by atoms with Crippen LogP contribution in [-0.4, -0.2) is 52.8 Å². The van der Waals surface area contributed by atoms with E-state index in [1.54, 1.807) is 42.5 Å². The number of ether oxygens (including phenoxy) is 2. The molecular formula is C21H27ClN2O4S. The minimum absolute atomic E-state index is 0. The zero-order chi connectivity index (χ0) is 19.8. The molecule has 158 valence electrons. The van der Waals surface area contributed by atoms with Crippen LogP contribution in [0.25, 0.3) is 6.08 Å². The average molecular weight is 439 g/mol. The minimum atomic E-state index is -3.54. The molecule has 0 amide bonds. The monoisotopic (exact) mass is 438 g/mol. The molecule has 1 aliphatic heterocycles. The lowest BCUT2D eigenvalue weighted by Crippen LogP contribution is -2.37. The third-order valence-corrected chi connectivity index (χ3v) is 5.99. The van der Waals surface area contributed by atoms with Crippen molar-refractivity contribution in [1.82, 2.24) is 4.90 Å². The molecule has 2 aromatic carbocycles. The highest BCUT2D eigenvalue weighted by Crippen LogP contribution is 2.20. The van der Waals surface area contributed by atoms with Gasteiger partial charge in [0.2, 0.25) is 0 Å².